The summed E-state index contributed by atoms with van der Waals surface area (Å²) in [6.45, 7) is 5.08. The predicted molar refractivity (Wildman–Crippen MR) is 66.1 cm³/mol. The van der Waals surface area contributed by atoms with Gasteiger partial charge in [-0.05, 0) is 38.1 Å². The summed E-state index contributed by atoms with van der Waals surface area (Å²) in [4.78, 5) is 3.92. The fraction of sp³-hybridized carbons (Fsp3) is 0.417. The number of rotatable bonds is 7. The Morgan fingerprint density at radius 1 is 1.29 bits per heavy atom. The van der Waals surface area contributed by atoms with Crippen molar-refractivity contribution < 1.29 is 14.7 Å². The molecular formula is C12H18N2O3. The molecule has 0 aliphatic heterocycles. The van der Waals surface area contributed by atoms with Gasteiger partial charge in [-0.1, -0.05) is 0 Å². The molecule has 1 rings (SSSR count). The Balaban J connectivity index is 2.32. The van der Waals surface area contributed by atoms with E-state index in [1.165, 1.54) is 6.34 Å². The van der Waals surface area contributed by atoms with Crippen molar-refractivity contribution in [2.75, 3.05) is 13.2 Å². The van der Waals surface area contributed by atoms with Crippen LogP contribution in [0.15, 0.2) is 29.3 Å². The smallest absolute Gasteiger partial charge is 0.119 e. The fourth-order valence-electron chi connectivity index (χ4n) is 1.18. The number of benzene rings is 1. The number of nitrogens with one attached hydrogen (secondary N) is 1. The molecule has 0 aliphatic carbocycles. The van der Waals surface area contributed by atoms with Crippen LogP contribution in [0.3, 0.4) is 0 Å². The lowest BCUT2D eigenvalue weighted by molar-refractivity contribution is 0.0553. The molecule has 5 nitrogen and oxygen atoms in total. The molecule has 0 bridgehead atoms. The zero-order valence-corrected chi connectivity index (χ0v) is 10.1. The van der Waals surface area contributed by atoms with E-state index in [4.69, 9.17) is 14.7 Å². The molecule has 0 radical (unpaired) electrons. The Morgan fingerprint density at radius 3 is 2.59 bits per heavy atom. The van der Waals surface area contributed by atoms with Crippen LogP contribution in [0.1, 0.15) is 13.8 Å². The maximum atomic E-state index is 8.33. The van der Waals surface area contributed by atoms with Crippen molar-refractivity contribution in [3.05, 3.63) is 24.3 Å². The van der Waals surface area contributed by atoms with Crippen molar-refractivity contribution in [2.24, 2.45) is 4.99 Å². The first kappa shape index (κ1) is 13.5. The molecule has 0 saturated carbocycles. The van der Waals surface area contributed by atoms with Crippen LogP contribution in [0.4, 0.5) is 5.69 Å². The van der Waals surface area contributed by atoms with Gasteiger partial charge < -0.3 is 9.47 Å². The summed E-state index contributed by atoms with van der Waals surface area (Å²) in [6, 6.07) is 7.23. The number of hydrogen-bond acceptors (Lipinski definition) is 4. The average molecular weight is 238 g/mol. The minimum Gasteiger partial charge on any atom is -0.491 e. The molecule has 0 aromatic heterocycles. The number of hydrogen-bond donors (Lipinski definition) is 2. The molecule has 0 unspecified atom stereocenters. The minimum atomic E-state index is 0.223. The van der Waals surface area contributed by atoms with Crippen molar-refractivity contribution in [3.8, 4) is 5.75 Å². The normalized spacial score (nSPS) is 11.1. The van der Waals surface area contributed by atoms with Crippen LogP contribution in [0.5, 0.6) is 5.75 Å². The molecule has 0 aliphatic rings. The third kappa shape index (κ3) is 5.89. The van der Waals surface area contributed by atoms with Crippen molar-refractivity contribution in [1.82, 2.24) is 5.48 Å². The number of hydroxylamine groups is 1. The van der Waals surface area contributed by atoms with Crippen molar-refractivity contribution in [2.45, 2.75) is 20.0 Å². The summed E-state index contributed by atoms with van der Waals surface area (Å²) in [5, 5.41) is 8.33. The maximum Gasteiger partial charge on any atom is 0.119 e. The molecule has 0 spiro atoms. The molecule has 17 heavy (non-hydrogen) atoms. The van der Waals surface area contributed by atoms with Crippen LogP contribution in [0.25, 0.3) is 0 Å². The molecule has 0 atom stereocenters. The van der Waals surface area contributed by atoms with Crippen LogP contribution < -0.4 is 10.2 Å². The van der Waals surface area contributed by atoms with Crippen molar-refractivity contribution in [3.63, 3.8) is 0 Å². The third-order valence-electron chi connectivity index (χ3n) is 1.91. The zero-order valence-electron chi connectivity index (χ0n) is 10.1. The Labute approximate surface area is 101 Å². The van der Waals surface area contributed by atoms with Gasteiger partial charge in [0.05, 0.1) is 18.4 Å². The van der Waals surface area contributed by atoms with E-state index in [9.17, 15) is 0 Å². The highest BCUT2D eigenvalue weighted by Gasteiger charge is 1.96. The number of nitrogens with zero attached hydrogens (tertiary/aromatic N) is 1. The Morgan fingerprint density at radius 2 is 2.00 bits per heavy atom. The average Bonchev–Trinajstić information content (AvgIpc) is 2.33. The summed E-state index contributed by atoms with van der Waals surface area (Å²) in [5.74, 6) is 0.772. The molecule has 2 N–H and O–H groups in total. The van der Waals surface area contributed by atoms with Crippen LogP contribution >= 0.6 is 0 Å². The second-order valence-electron chi connectivity index (χ2n) is 3.65. The molecule has 0 saturated heterocycles. The zero-order chi connectivity index (χ0) is 12.5. The van der Waals surface area contributed by atoms with Crippen LogP contribution in [-0.4, -0.2) is 30.9 Å². The molecule has 0 amide bonds. The summed E-state index contributed by atoms with van der Waals surface area (Å²) in [5.41, 5.74) is 2.58. The maximum absolute atomic E-state index is 8.33. The summed E-state index contributed by atoms with van der Waals surface area (Å²) < 4.78 is 10.8. The van der Waals surface area contributed by atoms with E-state index >= 15 is 0 Å². The molecule has 94 valence electrons. The predicted octanol–water partition coefficient (Wildman–Crippen LogP) is 2.13. The first-order chi connectivity index (χ1) is 8.22. The van der Waals surface area contributed by atoms with Crippen molar-refractivity contribution in [1.29, 1.82) is 0 Å². The molecular weight excluding hydrogens is 220 g/mol. The van der Waals surface area contributed by atoms with Crippen LogP contribution in [0, 0.1) is 0 Å². The Bertz CT molecular complexity index is 336. The Hall–Kier alpha value is -1.59. The second-order valence-corrected chi connectivity index (χ2v) is 3.65. The minimum absolute atomic E-state index is 0.223. The summed E-state index contributed by atoms with van der Waals surface area (Å²) in [6.07, 6.45) is 1.42. The summed E-state index contributed by atoms with van der Waals surface area (Å²) >= 11 is 0. The van der Waals surface area contributed by atoms with Gasteiger partial charge in [0.25, 0.3) is 0 Å². The topological polar surface area (TPSA) is 63.1 Å². The lowest BCUT2D eigenvalue weighted by Crippen LogP contribution is -2.11. The highest BCUT2D eigenvalue weighted by Crippen LogP contribution is 2.17. The van der Waals surface area contributed by atoms with Gasteiger partial charge in [0, 0.05) is 0 Å². The van der Waals surface area contributed by atoms with E-state index in [0.29, 0.717) is 13.2 Å². The molecule has 5 heteroatoms. The van der Waals surface area contributed by atoms with E-state index in [2.05, 4.69) is 4.99 Å². The highest BCUT2D eigenvalue weighted by atomic mass is 16.5. The van der Waals surface area contributed by atoms with E-state index in [-0.39, 0.29) is 6.10 Å². The number of aliphatic imine (C=N–C) groups is 1. The van der Waals surface area contributed by atoms with E-state index in [1.807, 2.05) is 31.5 Å². The molecule has 1 aromatic rings. The van der Waals surface area contributed by atoms with Crippen molar-refractivity contribution >= 4 is 12.0 Å². The SMILES string of the molecule is CC(C)OCCOc1ccc(N=CNO)cc1. The first-order valence-electron chi connectivity index (χ1n) is 5.49. The van der Waals surface area contributed by atoms with Gasteiger partial charge in [-0.15, -0.1) is 0 Å². The molecule has 0 fully saturated rings. The largest absolute Gasteiger partial charge is 0.491 e. The van der Waals surface area contributed by atoms with E-state index < -0.39 is 0 Å². The first-order valence-corrected chi connectivity index (χ1v) is 5.49. The van der Waals surface area contributed by atoms with E-state index in [0.717, 1.165) is 11.4 Å². The standard InChI is InChI=1S/C12H18N2O3/c1-10(2)16-7-8-17-12-5-3-11(4-6-12)13-9-14-15/h3-6,9-10,15H,7-8H2,1-2H3,(H,13,14). The highest BCUT2D eigenvalue weighted by molar-refractivity contribution is 5.59. The van der Waals surface area contributed by atoms with Gasteiger partial charge in [-0.3, -0.25) is 10.7 Å². The summed E-state index contributed by atoms with van der Waals surface area (Å²) in [7, 11) is 0. The Kier molecular flexibility index (Phi) is 6.06. The van der Waals surface area contributed by atoms with Gasteiger partial charge in [-0.2, -0.15) is 0 Å². The monoisotopic (exact) mass is 238 g/mol. The van der Waals surface area contributed by atoms with E-state index in [1.54, 1.807) is 12.1 Å². The van der Waals surface area contributed by atoms with Crippen LogP contribution in [-0.2, 0) is 4.74 Å². The fourth-order valence-corrected chi connectivity index (χ4v) is 1.18. The van der Waals surface area contributed by atoms with Gasteiger partial charge in [-0.25, -0.2) is 4.99 Å². The van der Waals surface area contributed by atoms with Crippen LogP contribution in [0.2, 0.25) is 0 Å². The lowest BCUT2D eigenvalue weighted by atomic mass is 10.3. The quantitative estimate of drug-likeness (QED) is 0.330. The number of ether oxygens (including phenoxy) is 2. The van der Waals surface area contributed by atoms with Gasteiger partial charge in [0.2, 0.25) is 0 Å². The third-order valence-corrected chi connectivity index (χ3v) is 1.91. The molecule has 1 aromatic carbocycles. The molecule has 0 heterocycles. The van der Waals surface area contributed by atoms with Gasteiger partial charge in [0.1, 0.15) is 18.7 Å². The second kappa shape index (κ2) is 7.65. The lowest BCUT2D eigenvalue weighted by Gasteiger charge is -2.09. The van der Waals surface area contributed by atoms with Gasteiger partial charge >= 0.3 is 0 Å². The van der Waals surface area contributed by atoms with Gasteiger partial charge in [0.15, 0.2) is 0 Å².